The van der Waals surface area contributed by atoms with Crippen molar-refractivity contribution in [1.82, 2.24) is 4.90 Å². The number of rotatable bonds is 6. The third kappa shape index (κ3) is 5.61. The largest absolute Gasteiger partial charge is 0.493 e. The lowest BCUT2D eigenvalue weighted by atomic mass is 9.79. The fourth-order valence-corrected chi connectivity index (χ4v) is 3.55. The number of piperidine rings is 1. The van der Waals surface area contributed by atoms with Gasteiger partial charge in [0.2, 0.25) is 0 Å². The van der Waals surface area contributed by atoms with E-state index in [1.165, 1.54) is 5.56 Å². The van der Waals surface area contributed by atoms with Crippen molar-refractivity contribution in [3.63, 3.8) is 0 Å². The number of nitrogens with two attached hydrogens (primary N) is 1. The molecule has 1 atom stereocenters. The highest BCUT2D eigenvalue weighted by molar-refractivity contribution is 5.85. The first-order valence-corrected chi connectivity index (χ1v) is 9.29. The number of hydrogen-bond acceptors (Lipinski definition) is 4. The molecule has 0 aliphatic carbocycles. The zero-order valence-corrected chi connectivity index (χ0v) is 17.3. The van der Waals surface area contributed by atoms with Crippen molar-refractivity contribution in [1.29, 1.82) is 0 Å². The summed E-state index contributed by atoms with van der Waals surface area (Å²) >= 11 is 0. The Morgan fingerprint density at radius 1 is 1.07 bits per heavy atom. The standard InChI is InChI=1S/C22H30N2O2.ClH/c1-22(2)16-24(12-11-21(22)23)14-18-9-10-19(25-3)20(13-18)26-15-17-7-5-4-6-8-17;/h4-10,13,21H,11-12,14-16,23H2,1-3H3;1H. The normalized spacial score (nSPS) is 19.2. The molecule has 1 unspecified atom stereocenters. The molecule has 0 amide bonds. The summed E-state index contributed by atoms with van der Waals surface area (Å²) in [6.07, 6.45) is 1.04. The van der Waals surface area contributed by atoms with Gasteiger partial charge >= 0.3 is 0 Å². The van der Waals surface area contributed by atoms with Gasteiger partial charge in [0, 0.05) is 25.7 Å². The molecule has 0 bridgehead atoms. The van der Waals surface area contributed by atoms with Crippen LogP contribution in [0.15, 0.2) is 48.5 Å². The molecule has 2 aromatic carbocycles. The van der Waals surface area contributed by atoms with Crippen LogP contribution in [-0.4, -0.2) is 31.1 Å². The SMILES string of the molecule is COc1ccc(CN2CCC(N)C(C)(C)C2)cc1OCc1ccccc1.Cl. The van der Waals surface area contributed by atoms with E-state index < -0.39 is 0 Å². The van der Waals surface area contributed by atoms with Crippen LogP contribution in [0.2, 0.25) is 0 Å². The summed E-state index contributed by atoms with van der Waals surface area (Å²) in [4.78, 5) is 2.48. The van der Waals surface area contributed by atoms with Crippen molar-refractivity contribution in [3.8, 4) is 11.5 Å². The summed E-state index contributed by atoms with van der Waals surface area (Å²) in [5.74, 6) is 1.56. The van der Waals surface area contributed by atoms with E-state index in [0.717, 1.165) is 43.1 Å². The van der Waals surface area contributed by atoms with Crippen LogP contribution in [0.3, 0.4) is 0 Å². The molecule has 5 heteroatoms. The molecule has 0 saturated carbocycles. The van der Waals surface area contributed by atoms with E-state index in [2.05, 4.69) is 43.0 Å². The van der Waals surface area contributed by atoms with E-state index in [0.29, 0.717) is 6.61 Å². The van der Waals surface area contributed by atoms with E-state index >= 15 is 0 Å². The first kappa shape index (κ1) is 21.5. The lowest BCUT2D eigenvalue weighted by molar-refractivity contribution is 0.0898. The van der Waals surface area contributed by atoms with Gasteiger partial charge in [-0.2, -0.15) is 0 Å². The predicted octanol–water partition coefficient (Wildman–Crippen LogP) is 4.26. The van der Waals surface area contributed by atoms with Gasteiger partial charge in [0.15, 0.2) is 11.5 Å². The van der Waals surface area contributed by atoms with Crippen LogP contribution in [-0.2, 0) is 13.2 Å². The van der Waals surface area contributed by atoms with Gasteiger partial charge in [0.05, 0.1) is 7.11 Å². The van der Waals surface area contributed by atoms with Crippen molar-refractivity contribution in [3.05, 3.63) is 59.7 Å². The van der Waals surface area contributed by atoms with E-state index in [1.54, 1.807) is 7.11 Å². The van der Waals surface area contributed by atoms with Gasteiger partial charge in [0.25, 0.3) is 0 Å². The quantitative estimate of drug-likeness (QED) is 0.800. The Balaban J connectivity index is 0.00000261. The van der Waals surface area contributed by atoms with Gasteiger partial charge in [0.1, 0.15) is 6.61 Å². The van der Waals surface area contributed by atoms with Crippen molar-refractivity contribution in [2.75, 3.05) is 20.2 Å². The molecule has 0 aromatic heterocycles. The molecule has 27 heavy (non-hydrogen) atoms. The molecule has 148 valence electrons. The molecular formula is C22H31ClN2O2. The van der Waals surface area contributed by atoms with E-state index in [9.17, 15) is 0 Å². The first-order valence-electron chi connectivity index (χ1n) is 9.29. The number of methoxy groups -OCH3 is 1. The highest BCUT2D eigenvalue weighted by Crippen LogP contribution is 2.32. The van der Waals surface area contributed by atoms with Crippen molar-refractivity contribution < 1.29 is 9.47 Å². The van der Waals surface area contributed by atoms with Crippen LogP contribution < -0.4 is 15.2 Å². The second kappa shape index (κ2) is 9.45. The number of hydrogen-bond donors (Lipinski definition) is 1. The average molecular weight is 391 g/mol. The molecule has 3 rings (SSSR count). The predicted molar refractivity (Wildman–Crippen MR) is 113 cm³/mol. The summed E-state index contributed by atoms with van der Waals surface area (Å²) < 4.78 is 11.5. The fourth-order valence-electron chi connectivity index (χ4n) is 3.55. The molecule has 4 nitrogen and oxygen atoms in total. The van der Waals surface area contributed by atoms with Gasteiger partial charge in [-0.25, -0.2) is 0 Å². The smallest absolute Gasteiger partial charge is 0.161 e. The van der Waals surface area contributed by atoms with Gasteiger partial charge in [-0.1, -0.05) is 50.2 Å². The minimum Gasteiger partial charge on any atom is -0.493 e. The number of likely N-dealkylation sites (tertiary alicyclic amines) is 1. The van der Waals surface area contributed by atoms with Gasteiger partial charge < -0.3 is 15.2 Å². The molecule has 2 N–H and O–H groups in total. The van der Waals surface area contributed by atoms with E-state index in [4.69, 9.17) is 15.2 Å². The minimum absolute atomic E-state index is 0. The zero-order chi connectivity index (χ0) is 18.6. The van der Waals surface area contributed by atoms with Crippen LogP contribution in [0.1, 0.15) is 31.4 Å². The van der Waals surface area contributed by atoms with Crippen LogP contribution in [0.25, 0.3) is 0 Å². The lowest BCUT2D eigenvalue weighted by Crippen LogP contribution is -2.52. The van der Waals surface area contributed by atoms with Crippen LogP contribution in [0, 0.1) is 5.41 Å². The summed E-state index contributed by atoms with van der Waals surface area (Å²) in [6.45, 7) is 8.00. The van der Waals surface area contributed by atoms with Crippen LogP contribution >= 0.6 is 12.4 Å². The lowest BCUT2D eigenvalue weighted by Gasteiger charge is -2.42. The molecule has 0 radical (unpaired) electrons. The number of benzene rings is 2. The Morgan fingerprint density at radius 2 is 1.81 bits per heavy atom. The molecule has 1 fully saturated rings. The van der Waals surface area contributed by atoms with E-state index in [1.807, 2.05) is 24.3 Å². The fraction of sp³-hybridized carbons (Fsp3) is 0.455. The summed E-state index contributed by atoms with van der Waals surface area (Å²) in [5.41, 5.74) is 8.79. The molecule has 1 heterocycles. The Labute approximate surface area is 169 Å². The molecule has 1 aliphatic heterocycles. The highest BCUT2D eigenvalue weighted by atomic mass is 35.5. The summed E-state index contributed by atoms with van der Waals surface area (Å²) in [5, 5.41) is 0. The topological polar surface area (TPSA) is 47.7 Å². The second-order valence-electron chi connectivity index (χ2n) is 7.85. The monoisotopic (exact) mass is 390 g/mol. The van der Waals surface area contributed by atoms with Crippen LogP contribution in [0.5, 0.6) is 11.5 Å². The van der Waals surface area contributed by atoms with Crippen molar-refractivity contribution in [2.24, 2.45) is 11.1 Å². The van der Waals surface area contributed by atoms with Crippen LogP contribution in [0.4, 0.5) is 0 Å². The van der Waals surface area contributed by atoms with Crippen molar-refractivity contribution in [2.45, 2.75) is 39.5 Å². The highest BCUT2D eigenvalue weighted by Gasteiger charge is 2.33. The number of ether oxygens (including phenoxy) is 2. The summed E-state index contributed by atoms with van der Waals surface area (Å²) in [6, 6.07) is 16.7. The Morgan fingerprint density at radius 3 is 2.48 bits per heavy atom. The molecular weight excluding hydrogens is 360 g/mol. The Kier molecular flexibility index (Phi) is 7.54. The average Bonchev–Trinajstić information content (AvgIpc) is 2.64. The Hall–Kier alpha value is -1.75. The first-order chi connectivity index (χ1) is 12.5. The third-order valence-electron chi connectivity index (χ3n) is 5.26. The van der Waals surface area contributed by atoms with Gasteiger partial charge in [-0.05, 0) is 35.1 Å². The maximum absolute atomic E-state index is 6.26. The zero-order valence-electron chi connectivity index (χ0n) is 16.5. The second-order valence-corrected chi connectivity index (χ2v) is 7.85. The Bertz CT molecular complexity index is 722. The van der Waals surface area contributed by atoms with Gasteiger partial charge in [-0.15, -0.1) is 12.4 Å². The molecule has 1 saturated heterocycles. The molecule has 1 aliphatic rings. The molecule has 0 spiro atoms. The van der Waals surface area contributed by atoms with Crippen molar-refractivity contribution >= 4 is 12.4 Å². The summed E-state index contributed by atoms with van der Waals surface area (Å²) in [7, 11) is 1.68. The number of nitrogens with zero attached hydrogens (tertiary/aromatic N) is 1. The molecule has 2 aromatic rings. The number of halogens is 1. The van der Waals surface area contributed by atoms with E-state index in [-0.39, 0.29) is 23.9 Å². The minimum atomic E-state index is 0. The maximum Gasteiger partial charge on any atom is 0.161 e. The van der Waals surface area contributed by atoms with Gasteiger partial charge in [-0.3, -0.25) is 4.90 Å². The third-order valence-corrected chi connectivity index (χ3v) is 5.26. The maximum atomic E-state index is 6.26.